The molecule has 0 aliphatic carbocycles. The standard InChI is InChI=1S/C32H33F4N7O3/c1-18(33)30(44)43-12-11-42(16-20(43)7-9-37)29-27-26(39-31(40-29)46-17-21-4-3-10-41(21)2)15-23(22-8-13-45-28(22)27)24-14-19(38)5-6-25(24)32(34,35)36/h5-6,14-15,20-21H,1,3-4,7-8,10-13,16-17,38H2,2H3/t20-,21-/m0/s1. The summed E-state index contributed by atoms with van der Waals surface area (Å²) >= 11 is 0. The number of carbonyl (C=O) groups is 1. The molecule has 2 aromatic carbocycles. The van der Waals surface area contributed by atoms with Crippen LogP contribution in [0.3, 0.4) is 0 Å². The smallest absolute Gasteiger partial charge is 0.417 e. The van der Waals surface area contributed by atoms with Crippen molar-refractivity contribution in [1.82, 2.24) is 19.8 Å². The van der Waals surface area contributed by atoms with Gasteiger partial charge in [-0.05, 0) is 61.8 Å². The van der Waals surface area contributed by atoms with Gasteiger partial charge in [-0.25, -0.2) is 4.39 Å². The number of fused-ring (bicyclic) bond motifs is 3. The predicted molar refractivity (Wildman–Crippen MR) is 163 cm³/mol. The van der Waals surface area contributed by atoms with E-state index in [1.165, 1.54) is 17.0 Å². The monoisotopic (exact) mass is 639 g/mol. The van der Waals surface area contributed by atoms with Gasteiger partial charge in [0.1, 0.15) is 18.2 Å². The minimum atomic E-state index is -4.64. The SMILES string of the molecule is C=C(F)C(=O)N1CCN(c2nc(OC[C@@H]3CCCN3C)nc3cc(-c4cc(N)ccc4C(F)(F)F)c4c(c23)OCC4)C[C@@H]1CC#N. The van der Waals surface area contributed by atoms with Crippen molar-refractivity contribution in [3.8, 4) is 29.0 Å². The van der Waals surface area contributed by atoms with Crippen molar-refractivity contribution in [3.05, 3.63) is 47.8 Å². The molecule has 2 N–H and O–H groups in total. The van der Waals surface area contributed by atoms with Crippen molar-refractivity contribution < 1.29 is 31.8 Å². The third-order valence-corrected chi connectivity index (χ3v) is 8.92. The van der Waals surface area contributed by atoms with E-state index in [4.69, 9.17) is 20.2 Å². The van der Waals surface area contributed by atoms with Crippen LogP contribution in [-0.4, -0.2) is 84.2 Å². The number of aromatic nitrogens is 2. The first kappa shape index (κ1) is 31.3. The summed E-state index contributed by atoms with van der Waals surface area (Å²) in [6.45, 7) is 5.03. The molecule has 2 atom stereocenters. The fourth-order valence-electron chi connectivity index (χ4n) is 6.60. The van der Waals surface area contributed by atoms with Crippen molar-refractivity contribution in [3.63, 3.8) is 0 Å². The molecule has 242 valence electrons. The second-order valence-electron chi connectivity index (χ2n) is 11.8. The van der Waals surface area contributed by atoms with Gasteiger partial charge in [-0.2, -0.15) is 28.4 Å². The number of likely N-dealkylation sites (N-methyl/N-ethyl adjacent to an activating group) is 1. The quantitative estimate of drug-likeness (QED) is 0.222. The zero-order valence-electron chi connectivity index (χ0n) is 25.2. The highest BCUT2D eigenvalue weighted by atomic mass is 19.4. The lowest BCUT2D eigenvalue weighted by molar-refractivity contribution is -0.137. The number of nitrogens with zero attached hydrogens (tertiary/aromatic N) is 6. The Morgan fingerprint density at radius 1 is 1.20 bits per heavy atom. The van der Waals surface area contributed by atoms with Crippen molar-refractivity contribution in [1.29, 1.82) is 5.26 Å². The summed E-state index contributed by atoms with van der Waals surface area (Å²) in [5.41, 5.74) is 6.40. The van der Waals surface area contributed by atoms with Gasteiger partial charge in [-0.15, -0.1) is 0 Å². The first-order chi connectivity index (χ1) is 22.0. The van der Waals surface area contributed by atoms with Gasteiger partial charge >= 0.3 is 12.2 Å². The minimum Gasteiger partial charge on any atom is -0.492 e. The summed E-state index contributed by atoms with van der Waals surface area (Å²) in [5.74, 6) is -1.25. The number of alkyl halides is 3. The highest BCUT2D eigenvalue weighted by molar-refractivity contribution is 6.01. The van der Waals surface area contributed by atoms with E-state index in [-0.39, 0.29) is 56.0 Å². The van der Waals surface area contributed by atoms with E-state index in [9.17, 15) is 27.6 Å². The number of ether oxygens (including phenoxy) is 2. The van der Waals surface area contributed by atoms with Gasteiger partial charge in [0.05, 0.1) is 41.6 Å². The number of nitriles is 1. The van der Waals surface area contributed by atoms with Gasteiger partial charge in [0, 0.05) is 43.3 Å². The number of nitrogen functional groups attached to an aromatic ring is 1. The molecule has 46 heavy (non-hydrogen) atoms. The Balaban J connectivity index is 1.50. The highest BCUT2D eigenvalue weighted by Crippen LogP contribution is 2.47. The van der Waals surface area contributed by atoms with Crippen LogP contribution in [0.5, 0.6) is 11.8 Å². The largest absolute Gasteiger partial charge is 0.492 e. The van der Waals surface area contributed by atoms with Crippen LogP contribution >= 0.6 is 0 Å². The van der Waals surface area contributed by atoms with E-state index < -0.39 is 29.5 Å². The average Bonchev–Trinajstić information content (AvgIpc) is 3.67. The number of carbonyl (C=O) groups excluding carboxylic acids is 1. The Hall–Kier alpha value is -4.64. The molecule has 0 spiro atoms. The van der Waals surface area contributed by atoms with Crippen LogP contribution in [0.15, 0.2) is 36.7 Å². The van der Waals surface area contributed by atoms with E-state index >= 15 is 0 Å². The minimum absolute atomic E-state index is 0.0304. The lowest BCUT2D eigenvalue weighted by atomic mass is 9.91. The number of amides is 1. The summed E-state index contributed by atoms with van der Waals surface area (Å²) in [6.07, 6.45) is -2.40. The van der Waals surface area contributed by atoms with Crippen LogP contribution in [0.2, 0.25) is 0 Å². The zero-order valence-corrected chi connectivity index (χ0v) is 25.2. The van der Waals surface area contributed by atoms with Gasteiger partial charge in [0.25, 0.3) is 5.91 Å². The summed E-state index contributed by atoms with van der Waals surface area (Å²) in [5, 5.41) is 9.98. The fraction of sp³-hybridized carbons (Fsp3) is 0.438. The normalized spacial score (nSPS) is 20.0. The Labute approximate surface area is 263 Å². The second kappa shape index (κ2) is 12.3. The van der Waals surface area contributed by atoms with Crippen LogP contribution in [0.1, 0.15) is 30.4 Å². The molecular weight excluding hydrogens is 606 g/mol. The fourth-order valence-corrected chi connectivity index (χ4v) is 6.60. The molecule has 6 rings (SSSR count). The first-order valence-electron chi connectivity index (χ1n) is 15.0. The summed E-state index contributed by atoms with van der Waals surface area (Å²) in [4.78, 5) is 27.3. The lowest BCUT2D eigenvalue weighted by Gasteiger charge is -2.41. The molecule has 3 aliphatic heterocycles. The second-order valence-corrected chi connectivity index (χ2v) is 11.8. The van der Waals surface area contributed by atoms with Crippen molar-refractivity contribution in [2.75, 3.05) is 57.1 Å². The number of anilines is 2. The van der Waals surface area contributed by atoms with Gasteiger partial charge in [-0.1, -0.05) is 6.58 Å². The number of hydrogen-bond donors (Lipinski definition) is 1. The van der Waals surface area contributed by atoms with Crippen LogP contribution in [0, 0.1) is 11.3 Å². The number of piperazine rings is 1. The van der Waals surface area contributed by atoms with Crippen molar-refractivity contribution >= 4 is 28.3 Å². The summed E-state index contributed by atoms with van der Waals surface area (Å²) < 4.78 is 68.7. The molecule has 1 aromatic heterocycles. The predicted octanol–water partition coefficient (Wildman–Crippen LogP) is 4.72. The molecule has 3 aromatic rings. The van der Waals surface area contributed by atoms with Gasteiger partial charge in [0.15, 0.2) is 5.83 Å². The Bertz CT molecular complexity index is 1740. The van der Waals surface area contributed by atoms with Gasteiger partial charge in [-0.3, -0.25) is 4.79 Å². The molecule has 1 amide bonds. The van der Waals surface area contributed by atoms with Crippen LogP contribution in [0.4, 0.5) is 29.1 Å². The number of halogens is 4. The molecule has 2 fully saturated rings. The first-order valence-corrected chi connectivity index (χ1v) is 15.0. The maximum atomic E-state index is 14.2. The number of benzene rings is 2. The Morgan fingerprint density at radius 2 is 2.00 bits per heavy atom. The molecule has 4 heterocycles. The zero-order chi connectivity index (χ0) is 32.7. The molecule has 0 bridgehead atoms. The van der Waals surface area contributed by atoms with Crippen LogP contribution < -0.4 is 20.1 Å². The number of likely N-dealkylation sites (tertiary alicyclic amines) is 1. The average molecular weight is 640 g/mol. The molecule has 0 radical (unpaired) electrons. The molecular formula is C32H33F4N7O3. The van der Waals surface area contributed by atoms with E-state index in [1.54, 1.807) is 6.07 Å². The number of rotatable bonds is 7. The summed E-state index contributed by atoms with van der Waals surface area (Å²) in [7, 11) is 2.01. The van der Waals surface area contributed by atoms with Crippen molar-refractivity contribution in [2.24, 2.45) is 0 Å². The van der Waals surface area contributed by atoms with Crippen molar-refractivity contribution in [2.45, 2.75) is 43.9 Å². The van der Waals surface area contributed by atoms with E-state index in [2.05, 4.69) is 22.5 Å². The molecule has 0 saturated carbocycles. The van der Waals surface area contributed by atoms with E-state index in [1.807, 2.05) is 11.9 Å². The Morgan fingerprint density at radius 3 is 2.70 bits per heavy atom. The summed E-state index contributed by atoms with van der Waals surface area (Å²) in [6, 6.07) is 6.65. The van der Waals surface area contributed by atoms with Crippen LogP contribution in [0.25, 0.3) is 22.0 Å². The maximum absolute atomic E-state index is 14.2. The topological polar surface area (TPSA) is 121 Å². The van der Waals surface area contributed by atoms with Gasteiger partial charge in [0.2, 0.25) is 0 Å². The van der Waals surface area contributed by atoms with E-state index in [0.717, 1.165) is 25.5 Å². The third kappa shape index (κ3) is 5.87. The highest BCUT2D eigenvalue weighted by Gasteiger charge is 2.37. The lowest BCUT2D eigenvalue weighted by Crippen LogP contribution is -2.55. The Kier molecular flexibility index (Phi) is 8.37. The third-order valence-electron chi connectivity index (χ3n) is 8.92. The molecule has 3 aliphatic rings. The van der Waals surface area contributed by atoms with Crippen LogP contribution in [-0.2, 0) is 17.4 Å². The maximum Gasteiger partial charge on any atom is 0.417 e. The van der Waals surface area contributed by atoms with Gasteiger partial charge < -0.3 is 29.9 Å². The molecule has 10 nitrogen and oxygen atoms in total. The molecule has 14 heteroatoms. The van der Waals surface area contributed by atoms with E-state index in [0.29, 0.717) is 46.6 Å². The number of nitrogens with two attached hydrogens (primary N) is 1. The number of hydrogen-bond acceptors (Lipinski definition) is 9. The molecule has 2 saturated heterocycles. The molecule has 0 unspecified atom stereocenters.